The first-order chi connectivity index (χ1) is 13.6. The summed E-state index contributed by atoms with van der Waals surface area (Å²) in [5.41, 5.74) is 6.15. The maximum Gasteiger partial charge on any atom is 0.279 e. The van der Waals surface area contributed by atoms with Crippen LogP contribution in [-0.2, 0) is 21.2 Å². The third-order valence-electron chi connectivity index (χ3n) is 5.76. The summed E-state index contributed by atoms with van der Waals surface area (Å²) in [4.78, 5) is 13.5. The lowest BCUT2D eigenvalue weighted by Gasteiger charge is -2.15. The predicted molar refractivity (Wildman–Crippen MR) is 114 cm³/mol. The van der Waals surface area contributed by atoms with E-state index in [9.17, 15) is 13.2 Å². The minimum atomic E-state index is -2.96. The third-order valence-corrected chi connectivity index (χ3v) is 7.51. The van der Waals surface area contributed by atoms with Crippen molar-refractivity contribution in [3.63, 3.8) is 0 Å². The summed E-state index contributed by atoms with van der Waals surface area (Å²) in [5, 5.41) is 7.58. The van der Waals surface area contributed by atoms with E-state index >= 15 is 0 Å². The first-order valence-corrected chi connectivity index (χ1v) is 11.8. The molecule has 0 spiro atoms. The van der Waals surface area contributed by atoms with Crippen molar-refractivity contribution in [2.24, 2.45) is 0 Å². The van der Waals surface area contributed by atoms with Crippen LogP contribution in [0, 0.1) is 27.7 Å². The molecule has 1 amide bonds. The number of sulfone groups is 1. The van der Waals surface area contributed by atoms with Crippen LogP contribution in [0.15, 0.2) is 18.2 Å². The van der Waals surface area contributed by atoms with E-state index in [1.54, 1.807) is 0 Å². The molecule has 3 rings (SSSR count). The van der Waals surface area contributed by atoms with Crippen LogP contribution in [0.25, 0.3) is 0 Å². The number of likely N-dealkylation sites (N-methyl/N-ethyl adjacent to an activating group) is 1. The fraction of sp³-hybridized carbons (Fsp3) is 0.524. The number of anilines is 1. The average molecular weight is 420 g/mol. The molecule has 1 aromatic carbocycles. The molecule has 0 bridgehead atoms. The van der Waals surface area contributed by atoms with Gasteiger partial charge >= 0.3 is 0 Å². The van der Waals surface area contributed by atoms with Crippen LogP contribution in [0.1, 0.15) is 40.5 Å². The predicted octanol–water partition coefficient (Wildman–Crippen LogP) is 1.13. The van der Waals surface area contributed by atoms with Gasteiger partial charge in [-0.15, -0.1) is 0 Å². The van der Waals surface area contributed by atoms with Crippen molar-refractivity contribution in [2.75, 3.05) is 30.4 Å². The van der Waals surface area contributed by atoms with Gasteiger partial charge in [-0.2, -0.15) is 5.10 Å². The Hall–Kier alpha value is -2.19. The van der Waals surface area contributed by atoms with Crippen LogP contribution in [0.2, 0.25) is 0 Å². The number of carbonyl (C=O) groups is 1. The quantitative estimate of drug-likeness (QED) is 0.735. The Balaban J connectivity index is 1.63. The zero-order valence-corrected chi connectivity index (χ0v) is 18.7. The normalized spacial score (nSPS) is 19.3. The molecule has 2 heterocycles. The van der Waals surface area contributed by atoms with Gasteiger partial charge in [0.15, 0.2) is 16.4 Å². The molecule has 1 fully saturated rings. The van der Waals surface area contributed by atoms with Crippen molar-refractivity contribution < 1.29 is 18.1 Å². The summed E-state index contributed by atoms with van der Waals surface area (Å²) in [6.07, 6.45) is 0.616. The molecular formula is C21H31N4O3S+. The zero-order chi connectivity index (χ0) is 21.3. The second-order valence-electron chi connectivity index (χ2n) is 8.31. The molecule has 2 aromatic rings. The summed E-state index contributed by atoms with van der Waals surface area (Å²) >= 11 is 0. The number of carbonyl (C=O) groups excluding carboxylic acids is 1. The lowest BCUT2D eigenvalue weighted by Crippen LogP contribution is -3.08. The molecule has 1 aliphatic rings. The van der Waals surface area contributed by atoms with Gasteiger partial charge in [0.1, 0.15) is 6.54 Å². The molecule has 7 nitrogen and oxygen atoms in total. The molecule has 0 aliphatic carbocycles. The molecule has 2 N–H and O–H groups in total. The van der Waals surface area contributed by atoms with Gasteiger partial charge < -0.3 is 10.2 Å². The highest BCUT2D eigenvalue weighted by molar-refractivity contribution is 7.91. The number of quaternary nitrogens is 1. The number of nitrogens with zero attached hydrogens (tertiary/aromatic N) is 2. The Morgan fingerprint density at radius 1 is 1.24 bits per heavy atom. The Bertz CT molecular complexity index is 1030. The minimum absolute atomic E-state index is 0.0321. The lowest BCUT2D eigenvalue weighted by atomic mass is 10.1. The van der Waals surface area contributed by atoms with Gasteiger partial charge in [0.25, 0.3) is 5.91 Å². The van der Waals surface area contributed by atoms with Gasteiger partial charge in [0.05, 0.1) is 35.9 Å². The number of aromatic nitrogens is 2. The van der Waals surface area contributed by atoms with Gasteiger partial charge in [0.2, 0.25) is 0 Å². The minimum Gasteiger partial charge on any atom is -0.326 e. The van der Waals surface area contributed by atoms with E-state index in [0.29, 0.717) is 19.5 Å². The summed E-state index contributed by atoms with van der Waals surface area (Å²) in [5.74, 6) is 0.361. The highest BCUT2D eigenvalue weighted by Gasteiger charge is 2.31. The van der Waals surface area contributed by atoms with Gasteiger partial charge in [0, 0.05) is 11.4 Å². The maximum atomic E-state index is 12.4. The van der Waals surface area contributed by atoms with E-state index in [1.165, 1.54) is 5.56 Å². The highest BCUT2D eigenvalue weighted by atomic mass is 32.2. The molecule has 1 aliphatic heterocycles. The van der Waals surface area contributed by atoms with E-state index in [1.807, 2.05) is 57.6 Å². The Labute approximate surface area is 173 Å². The van der Waals surface area contributed by atoms with Crippen molar-refractivity contribution in [3.8, 4) is 0 Å². The van der Waals surface area contributed by atoms with Crippen LogP contribution in [0.4, 0.5) is 5.69 Å². The van der Waals surface area contributed by atoms with Gasteiger partial charge in [-0.3, -0.25) is 9.48 Å². The van der Waals surface area contributed by atoms with E-state index in [-0.39, 0.29) is 23.5 Å². The summed E-state index contributed by atoms with van der Waals surface area (Å²) in [6.45, 7) is 9.02. The lowest BCUT2D eigenvalue weighted by molar-refractivity contribution is -0.885. The van der Waals surface area contributed by atoms with Crippen LogP contribution in [-0.4, -0.2) is 49.2 Å². The molecule has 8 heteroatoms. The molecule has 0 radical (unpaired) electrons. The number of benzene rings is 1. The van der Waals surface area contributed by atoms with Gasteiger partial charge in [-0.1, -0.05) is 6.07 Å². The zero-order valence-electron chi connectivity index (χ0n) is 17.9. The monoisotopic (exact) mass is 419 g/mol. The summed E-state index contributed by atoms with van der Waals surface area (Å²) < 4.78 is 25.5. The number of amides is 1. The van der Waals surface area contributed by atoms with Crippen LogP contribution >= 0.6 is 0 Å². The smallest absolute Gasteiger partial charge is 0.279 e. The fourth-order valence-electron chi connectivity index (χ4n) is 3.94. The highest BCUT2D eigenvalue weighted by Crippen LogP contribution is 2.26. The molecular weight excluding hydrogens is 388 g/mol. The SMILES string of the molecule is Cc1ccc(NC(=O)C[NH+](C)Cc2c(C)nn([C@H]3CCS(=O)(=O)C3)c2C)cc1C. The van der Waals surface area contributed by atoms with Crippen molar-refractivity contribution in [2.45, 2.75) is 46.7 Å². The average Bonchev–Trinajstić information content (AvgIpc) is 3.11. The van der Waals surface area contributed by atoms with Crippen molar-refractivity contribution >= 4 is 21.4 Å². The second kappa shape index (κ2) is 8.28. The molecule has 0 saturated carbocycles. The Kier molecular flexibility index (Phi) is 6.14. The van der Waals surface area contributed by atoms with E-state index in [2.05, 4.69) is 10.4 Å². The van der Waals surface area contributed by atoms with Crippen molar-refractivity contribution in [3.05, 3.63) is 46.3 Å². The third kappa shape index (κ3) is 5.05. The maximum absolute atomic E-state index is 12.4. The first-order valence-electron chi connectivity index (χ1n) is 9.99. The molecule has 29 heavy (non-hydrogen) atoms. The van der Waals surface area contributed by atoms with Crippen molar-refractivity contribution in [1.29, 1.82) is 0 Å². The van der Waals surface area contributed by atoms with E-state index in [0.717, 1.165) is 33.1 Å². The molecule has 1 unspecified atom stereocenters. The van der Waals surface area contributed by atoms with E-state index in [4.69, 9.17) is 0 Å². The fourth-order valence-corrected chi connectivity index (χ4v) is 5.63. The summed E-state index contributed by atoms with van der Waals surface area (Å²) in [6, 6.07) is 5.83. The van der Waals surface area contributed by atoms with E-state index < -0.39 is 9.84 Å². The topological polar surface area (TPSA) is 85.5 Å². The number of nitrogens with one attached hydrogen (secondary N) is 2. The molecule has 158 valence electrons. The largest absolute Gasteiger partial charge is 0.326 e. The molecule has 1 aromatic heterocycles. The van der Waals surface area contributed by atoms with Crippen LogP contribution < -0.4 is 10.2 Å². The standard InChI is InChI=1S/C21H30N4O3S/c1-14-6-7-18(10-15(14)2)22-21(26)12-24(5)11-20-16(3)23-25(17(20)4)19-8-9-29(27,28)13-19/h6-7,10,19H,8-9,11-13H2,1-5H3,(H,22,26)/p+1/t19-/m0/s1. The number of rotatable bonds is 6. The number of hydrogen-bond donors (Lipinski definition) is 2. The Morgan fingerprint density at radius 3 is 2.59 bits per heavy atom. The first kappa shape index (κ1) is 21.5. The molecule has 2 atom stereocenters. The number of hydrogen-bond acceptors (Lipinski definition) is 4. The van der Waals surface area contributed by atoms with Crippen LogP contribution in [0.3, 0.4) is 0 Å². The van der Waals surface area contributed by atoms with Gasteiger partial charge in [-0.05, 0) is 57.4 Å². The van der Waals surface area contributed by atoms with Gasteiger partial charge in [-0.25, -0.2) is 8.42 Å². The second-order valence-corrected chi connectivity index (χ2v) is 10.5. The number of aryl methyl sites for hydroxylation is 3. The Morgan fingerprint density at radius 2 is 1.97 bits per heavy atom. The molecule has 1 saturated heterocycles. The van der Waals surface area contributed by atoms with Crippen molar-refractivity contribution in [1.82, 2.24) is 9.78 Å². The van der Waals surface area contributed by atoms with Crippen LogP contribution in [0.5, 0.6) is 0 Å². The summed E-state index contributed by atoms with van der Waals surface area (Å²) in [7, 11) is -0.975.